The Bertz CT molecular complexity index is 2180. The second-order valence-electron chi connectivity index (χ2n) is 15.6. The molecule has 3 heterocycles. The molecule has 8 unspecified atom stereocenters. The molecule has 2 aliphatic heterocycles. The van der Waals surface area contributed by atoms with E-state index in [0.717, 1.165) is 37.8 Å². The number of methoxy groups -OCH3 is 2. The highest BCUT2D eigenvalue weighted by Gasteiger charge is 2.45. The maximum atomic E-state index is 15.2. The van der Waals surface area contributed by atoms with Crippen LogP contribution >= 0.6 is 11.6 Å². The van der Waals surface area contributed by atoms with E-state index >= 15 is 4.21 Å². The first-order valence-corrected chi connectivity index (χ1v) is 21.1. The third kappa shape index (κ3) is 7.67. The number of benzene rings is 2. The first kappa shape index (κ1) is 39.8. The van der Waals surface area contributed by atoms with Gasteiger partial charge >= 0.3 is 5.97 Å². The summed E-state index contributed by atoms with van der Waals surface area (Å²) in [6, 6.07) is 11.3. The Balaban J connectivity index is 1.36. The van der Waals surface area contributed by atoms with Gasteiger partial charge in [0.2, 0.25) is 5.88 Å². The number of hydrogen-bond acceptors (Lipinski definition) is 10. The number of halogens is 1. The number of rotatable bonds is 5. The predicted octanol–water partition coefficient (Wildman–Crippen LogP) is 6.08. The smallest absolute Gasteiger partial charge is 0.303 e. The molecule has 2 aromatic carbocycles. The summed E-state index contributed by atoms with van der Waals surface area (Å²) in [6.07, 6.45) is 8.71. The highest BCUT2D eigenvalue weighted by Crippen LogP contribution is 2.47. The number of fused-ring (bicyclic) bond motifs is 4. The van der Waals surface area contributed by atoms with Crippen molar-refractivity contribution in [2.45, 2.75) is 75.7 Å². The van der Waals surface area contributed by atoms with Crippen molar-refractivity contribution in [1.82, 2.24) is 14.5 Å². The van der Waals surface area contributed by atoms with Crippen LogP contribution in [0.3, 0.4) is 0 Å². The second-order valence-corrected chi connectivity index (χ2v) is 18.3. The fraction of sp³-hybridized carbons (Fsp3) is 0.512. The van der Waals surface area contributed by atoms with Crippen molar-refractivity contribution in [3.05, 3.63) is 82.0 Å². The molecular weight excluding hydrogens is 758 g/mol. The van der Waals surface area contributed by atoms with Crippen LogP contribution in [0, 0.1) is 17.8 Å². The van der Waals surface area contributed by atoms with Gasteiger partial charge < -0.3 is 23.8 Å². The topological polar surface area (TPSA) is 151 Å². The molecule has 15 heteroatoms. The maximum Gasteiger partial charge on any atom is 0.303 e. The Morgan fingerprint density at radius 1 is 1.09 bits per heavy atom. The van der Waals surface area contributed by atoms with Crippen LogP contribution in [-0.2, 0) is 43.1 Å². The fourth-order valence-electron chi connectivity index (χ4n) is 8.81. The number of hydrogen-bond donors (Lipinski definition) is 1. The molecule has 1 spiro atoms. The van der Waals surface area contributed by atoms with Crippen LogP contribution in [-0.4, -0.2) is 83.1 Å². The zero-order valence-corrected chi connectivity index (χ0v) is 34.2. The minimum absolute atomic E-state index is 0.0140. The summed E-state index contributed by atoms with van der Waals surface area (Å²) in [7, 11) is 0.734. The molecule has 300 valence electrons. The summed E-state index contributed by atoms with van der Waals surface area (Å²) in [5.41, 5.74) is 3.07. The molecule has 13 nitrogen and oxygen atoms in total. The summed E-state index contributed by atoms with van der Waals surface area (Å²) in [4.78, 5) is 42.9. The molecule has 2 bridgehead atoms. The van der Waals surface area contributed by atoms with Crippen LogP contribution in [0.5, 0.6) is 11.6 Å². The number of aromatic nitrogens is 2. The lowest BCUT2D eigenvalue weighted by Gasteiger charge is -2.46. The van der Waals surface area contributed by atoms with E-state index in [2.05, 4.69) is 31.2 Å². The van der Waals surface area contributed by atoms with E-state index in [1.165, 1.54) is 36.0 Å². The van der Waals surface area contributed by atoms with Gasteiger partial charge in [-0.2, -0.15) is 0 Å². The van der Waals surface area contributed by atoms with Gasteiger partial charge in [-0.15, -0.1) is 9.46 Å². The molecule has 3 aromatic rings. The van der Waals surface area contributed by atoms with Gasteiger partial charge in [-0.1, -0.05) is 30.7 Å². The van der Waals surface area contributed by atoms with E-state index in [0.29, 0.717) is 30.5 Å². The average molecular weight is 808 g/mol. The Morgan fingerprint density at radius 2 is 1.88 bits per heavy atom. The number of esters is 1. The van der Waals surface area contributed by atoms with E-state index < -0.39 is 45.0 Å². The van der Waals surface area contributed by atoms with E-state index in [9.17, 15) is 14.4 Å². The number of ether oxygens (including phenoxy) is 4. The first-order valence-electron chi connectivity index (χ1n) is 19.1. The number of amides is 2. The summed E-state index contributed by atoms with van der Waals surface area (Å²) < 4.78 is 47.3. The van der Waals surface area contributed by atoms with Gasteiger partial charge in [0.05, 0.1) is 30.8 Å². The zero-order chi connectivity index (χ0) is 39.9. The lowest BCUT2D eigenvalue weighted by molar-refractivity contribution is -0.146. The van der Waals surface area contributed by atoms with Gasteiger partial charge in [0.15, 0.2) is 0 Å². The number of nitrogens with zero attached hydrogens (tertiary/aromatic N) is 4. The van der Waals surface area contributed by atoms with Crippen LogP contribution < -0.4 is 19.1 Å². The molecule has 2 aliphatic carbocycles. The molecule has 2 amide bonds. The Labute approximate surface area is 333 Å². The zero-order valence-electron chi connectivity index (χ0n) is 32.7. The van der Waals surface area contributed by atoms with Crippen molar-refractivity contribution in [3.63, 3.8) is 0 Å². The van der Waals surface area contributed by atoms with Gasteiger partial charge in [0, 0.05) is 62.3 Å². The third-order valence-corrected chi connectivity index (χ3v) is 14.7. The molecule has 1 aromatic heterocycles. The summed E-state index contributed by atoms with van der Waals surface area (Å²) in [5.74, 6) is -1.72. The minimum atomic E-state index is -3.93. The SMILES string of the molecule is COc1nn(C)cc1C(=O)NS1(=O)=NC(=O)c2ccc3c(c2)N(CC2CCC2C(OC)/C=C/C(OC(C)=O)C(C)C1C)CC1(CCCc2cc(Cl)ccc21)CO3. The summed E-state index contributed by atoms with van der Waals surface area (Å²) in [6.45, 7) is 6.44. The Kier molecular flexibility index (Phi) is 11.3. The first-order chi connectivity index (χ1) is 26.7. The van der Waals surface area contributed by atoms with Gasteiger partial charge in [-0.3, -0.25) is 23.8 Å². The van der Waals surface area contributed by atoms with E-state index in [4.69, 9.17) is 30.5 Å². The van der Waals surface area contributed by atoms with Crippen LogP contribution in [0.4, 0.5) is 5.69 Å². The van der Waals surface area contributed by atoms with Crippen molar-refractivity contribution in [2.24, 2.45) is 29.2 Å². The third-order valence-electron chi connectivity index (χ3n) is 12.2. The maximum absolute atomic E-state index is 15.2. The molecule has 0 saturated heterocycles. The van der Waals surface area contributed by atoms with Crippen LogP contribution in [0.2, 0.25) is 5.02 Å². The van der Waals surface area contributed by atoms with Crippen molar-refractivity contribution in [1.29, 1.82) is 0 Å². The molecule has 56 heavy (non-hydrogen) atoms. The normalized spacial score (nSPS) is 30.7. The summed E-state index contributed by atoms with van der Waals surface area (Å²) >= 11 is 6.47. The standard InChI is InChI=1S/C41H50ClN5O8S/c1-24-25(2)56(51,45-39(50)32-21-46(4)43-40(32)53-6)44-38(49)28-10-14-37-34(19-28)47(20-29-9-12-31(29)36(52-5)16-15-35(24)55-26(3)48)22-41(23-54-37)17-7-8-27-18-30(42)11-13-33(27)41/h10-11,13-16,18-19,21,24-25,29,31,35-36H,7-9,12,17,20,22-23H2,1-6H3,(H,44,45,49,50,51)/b16-15+. The molecule has 7 rings (SSSR count). The van der Waals surface area contributed by atoms with Gasteiger partial charge in [0.1, 0.15) is 27.3 Å². The molecular formula is C41H50ClN5O8S. The van der Waals surface area contributed by atoms with Crippen LogP contribution in [0.1, 0.15) is 78.3 Å². The van der Waals surface area contributed by atoms with Gasteiger partial charge in [-0.25, -0.2) is 4.21 Å². The molecule has 1 fully saturated rings. The van der Waals surface area contributed by atoms with Crippen molar-refractivity contribution >= 4 is 45.0 Å². The minimum Gasteiger partial charge on any atom is -0.490 e. The molecule has 0 radical (unpaired) electrons. The lowest BCUT2D eigenvalue weighted by Crippen LogP contribution is -2.49. The summed E-state index contributed by atoms with van der Waals surface area (Å²) in [5, 5.41) is 3.86. The van der Waals surface area contributed by atoms with Crippen molar-refractivity contribution in [2.75, 3.05) is 38.8 Å². The lowest BCUT2D eigenvalue weighted by atomic mass is 9.68. The number of nitrogens with one attached hydrogen (secondary N) is 1. The number of aryl methyl sites for hydroxylation is 2. The monoisotopic (exact) mass is 807 g/mol. The number of anilines is 1. The van der Waals surface area contributed by atoms with Gasteiger partial charge in [-0.05, 0) is 98.4 Å². The highest BCUT2D eigenvalue weighted by atomic mass is 35.5. The largest absolute Gasteiger partial charge is 0.490 e. The second kappa shape index (κ2) is 15.9. The van der Waals surface area contributed by atoms with Crippen LogP contribution in [0.15, 0.2) is 59.1 Å². The fourth-order valence-corrected chi connectivity index (χ4v) is 10.9. The van der Waals surface area contributed by atoms with E-state index in [-0.39, 0.29) is 40.4 Å². The van der Waals surface area contributed by atoms with E-state index in [1.54, 1.807) is 52.3 Å². The molecule has 1 saturated carbocycles. The van der Waals surface area contributed by atoms with Crippen molar-refractivity contribution in [3.8, 4) is 11.6 Å². The van der Waals surface area contributed by atoms with Crippen LogP contribution in [0.25, 0.3) is 0 Å². The highest BCUT2D eigenvalue weighted by molar-refractivity contribution is 7.93. The van der Waals surface area contributed by atoms with E-state index in [1.807, 2.05) is 12.1 Å². The predicted molar refractivity (Wildman–Crippen MR) is 213 cm³/mol. The molecule has 1 N–H and O–H groups in total. The number of carbonyl (C=O) groups excluding carboxylic acids is 3. The molecule has 8 atom stereocenters. The average Bonchev–Trinajstić information content (AvgIpc) is 3.48. The quantitative estimate of drug-likeness (QED) is 0.238. The molecule has 4 aliphatic rings. The number of carbonyl (C=O) groups is 3. The Hall–Kier alpha value is -4.40. The Morgan fingerprint density at radius 3 is 2.59 bits per heavy atom. The van der Waals surface area contributed by atoms with Gasteiger partial charge in [0.25, 0.3) is 11.8 Å². The van der Waals surface area contributed by atoms with Crippen molar-refractivity contribution < 1.29 is 37.5 Å².